The van der Waals surface area contributed by atoms with Gasteiger partial charge in [-0.15, -0.1) is 0 Å². The van der Waals surface area contributed by atoms with Crippen molar-refractivity contribution in [1.82, 2.24) is 20.1 Å². The molecule has 146 valence electrons. The van der Waals surface area contributed by atoms with Gasteiger partial charge < -0.3 is 10.1 Å². The van der Waals surface area contributed by atoms with E-state index in [0.717, 1.165) is 47.8 Å². The highest BCUT2D eigenvalue weighted by atomic mass is 16.5. The van der Waals surface area contributed by atoms with Gasteiger partial charge in [0.1, 0.15) is 18.4 Å². The molecule has 1 aliphatic rings. The van der Waals surface area contributed by atoms with Gasteiger partial charge in [-0.2, -0.15) is 5.10 Å². The fourth-order valence-corrected chi connectivity index (χ4v) is 4.01. The Bertz CT molecular complexity index is 946. The van der Waals surface area contributed by atoms with E-state index in [9.17, 15) is 4.79 Å². The Balaban J connectivity index is 1.37. The third kappa shape index (κ3) is 3.86. The highest BCUT2D eigenvalue weighted by Gasteiger charge is 2.25. The molecule has 2 aromatic carbocycles. The summed E-state index contributed by atoms with van der Waals surface area (Å²) in [6.45, 7) is 1.97. The molecule has 6 nitrogen and oxygen atoms in total. The van der Waals surface area contributed by atoms with E-state index in [0.29, 0.717) is 6.04 Å². The van der Waals surface area contributed by atoms with Crippen molar-refractivity contribution in [3.63, 3.8) is 0 Å². The second-order valence-corrected chi connectivity index (χ2v) is 7.58. The minimum Gasteiger partial charge on any atom is -0.497 e. The van der Waals surface area contributed by atoms with Crippen molar-refractivity contribution in [1.29, 1.82) is 0 Å². The molecule has 1 heterocycles. The van der Waals surface area contributed by atoms with Gasteiger partial charge >= 0.3 is 0 Å². The largest absolute Gasteiger partial charge is 0.497 e. The van der Waals surface area contributed by atoms with Crippen LogP contribution in [-0.4, -0.2) is 33.8 Å². The van der Waals surface area contributed by atoms with E-state index < -0.39 is 0 Å². The standard InChI is InChI=1S/C22H26N4O2/c1-15(16-3-4-18-12-21(28-2)10-5-17(18)11-16)22(27)25-19-6-8-20(9-7-19)26-14-23-13-24-26/h3-5,10-15,19-20H,6-9H2,1-2H3,(H,25,27)/t15-,19?,20?/m0/s1. The predicted molar refractivity (Wildman–Crippen MR) is 108 cm³/mol. The zero-order valence-corrected chi connectivity index (χ0v) is 16.3. The first kappa shape index (κ1) is 18.5. The highest BCUT2D eigenvalue weighted by Crippen LogP contribution is 2.29. The number of carbonyl (C=O) groups is 1. The minimum atomic E-state index is -0.181. The van der Waals surface area contributed by atoms with E-state index in [1.165, 1.54) is 0 Å². The van der Waals surface area contributed by atoms with Crippen LogP contribution in [0.1, 0.15) is 50.1 Å². The van der Waals surface area contributed by atoms with E-state index >= 15 is 0 Å². The summed E-state index contributed by atoms with van der Waals surface area (Å²) in [6, 6.07) is 12.8. The zero-order valence-electron chi connectivity index (χ0n) is 16.3. The summed E-state index contributed by atoms with van der Waals surface area (Å²) in [4.78, 5) is 16.8. The Morgan fingerprint density at radius 1 is 1.14 bits per heavy atom. The summed E-state index contributed by atoms with van der Waals surface area (Å²) in [6.07, 6.45) is 7.33. The smallest absolute Gasteiger partial charge is 0.227 e. The van der Waals surface area contributed by atoms with E-state index in [-0.39, 0.29) is 17.9 Å². The van der Waals surface area contributed by atoms with Crippen molar-refractivity contribution in [3.8, 4) is 5.75 Å². The van der Waals surface area contributed by atoms with Gasteiger partial charge in [-0.3, -0.25) is 4.79 Å². The molecule has 3 aromatic rings. The molecule has 0 saturated heterocycles. The first-order chi connectivity index (χ1) is 13.6. The molecule has 0 radical (unpaired) electrons. The number of hydrogen-bond acceptors (Lipinski definition) is 4. The number of rotatable bonds is 5. The molecule has 1 fully saturated rings. The number of fused-ring (bicyclic) bond motifs is 1. The summed E-state index contributed by atoms with van der Waals surface area (Å²) < 4.78 is 7.22. The normalized spacial score (nSPS) is 20.6. The van der Waals surface area contributed by atoms with Crippen LogP contribution in [0.2, 0.25) is 0 Å². The van der Waals surface area contributed by atoms with Gasteiger partial charge in [0.05, 0.1) is 19.1 Å². The van der Waals surface area contributed by atoms with E-state index in [1.54, 1.807) is 19.8 Å². The number of hydrogen-bond donors (Lipinski definition) is 1. The molecule has 0 aliphatic heterocycles. The maximum absolute atomic E-state index is 12.8. The second kappa shape index (κ2) is 8.00. The molecular formula is C22H26N4O2. The summed E-state index contributed by atoms with van der Waals surface area (Å²) in [5, 5.41) is 9.71. The number of amides is 1. The molecule has 0 bridgehead atoms. The first-order valence-corrected chi connectivity index (χ1v) is 9.86. The van der Waals surface area contributed by atoms with Crippen LogP contribution < -0.4 is 10.1 Å². The van der Waals surface area contributed by atoms with Crippen molar-refractivity contribution in [2.24, 2.45) is 0 Å². The Labute approximate surface area is 164 Å². The molecule has 1 N–H and O–H groups in total. The Kier molecular flexibility index (Phi) is 5.28. The summed E-state index contributed by atoms with van der Waals surface area (Å²) in [5.74, 6) is 0.754. The second-order valence-electron chi connectivity index (χ2n) is 7.58. The lowest BCUT2D eigenvalue weighted by atomic mass is 9.90. The monoisotopic (exact) mass is 378 g/mol. The van der Waals surface area contributed by atoms with Crippen LogP contribution in [0.5, 0.6) is 5.75 Å². The lowest BCUT2D eigenvalue weighted by Gasteiger charge is -2.29. The Hall–Kier alpha value is -2.89. The molecule has 0 unspecified atom stereocenters. The molecule has 4 rings (SSSR count). The lowest BCUT2D eigenvalue weighted by molar-refractivity contribution is -0.123. The van der Waals surface area contributed by atoms with Crippen LogP contribution in [0, 0.1) is 0 Å². The van der Waals surface area contributed by atoms with E-state index in [2.05, 4.69) is 27.5 Å². The fraction of sp³-hybridized carbons (Fsp3) is 0.409. The number of benzene rings is 2. The summed E-state index contributed by atoms with van der Waals surface area (Å²) >= 11 is 0. The quantitative estimate of drug-likeness (QED) is 0.732. The average molecular weight is 378 g/mol. The number of methoxy groups -OCH3 is 1. The van der Waals surface area contributed by atoms with Crippen LogP contribution in [0.3, 0.4) is 0 Å². The molecule has 6 heteroatoms. The minimum absolute atomic E-state index is 0.0945. The van der Waals surface area contributed by atoms with Crippen molar-refractivity contribution in [3.05, 3.63) is 54.6 Å². The number of carbonyl (C=O) groups excluding carboxylic acids is 1. The molecule has 1 atom stereocenters. The lowest BCUT2D eigenvalue weighted by Crippen LogP contribution is -2.40. The van der Waals surface area contributed by atoms with Crippen molar-refractivity contribution in [2.75, 3.05) is 7.11 Å². The highest BCUT2D eigenvalue weighted by molar-refractivity contribution is 5.88. The van der Waals surface area contributed by atoms with Gasteiger partial charge in [-0.25, -0.2) is 9.67 Å². The van der Waals surface area contributed by atoms with Gasteiger partial charge in [0.2, 0.25) is 5.91 Å². The van der Waals surface area contributed by atoms with Gasteiger partial charge in [0.15, 0.2) is 0 Å². The maximum atomic E-state index is 12.8. The average Bonchev–Trinajstić information content (AvgIpc) is 3.28. The SMILES string of the molecule is COc1ccc2cc([C@H](C)C(=O)NC3CCC(n4cncn4)CC3)ccc2c1. The van der Waals surface area contributed by atoms with Crippen LogP contribution >= 0.6 is 0 Å². The predicted octanol–water partition coefficient (Wildman–Crippen LogP) is 3.84. The van der Waals surface area contributed by atoms with Crippen LogP contribution in [0.4, 0.5) is 0 Å². The van der Waals surface area contributed by atoms with Crippen molar-refractivity contribution in [2.45, 2.75) is 50.6 Å². The summed E-state index contributed by atoms with van der Waals surface area (Å²) in [7, 11) is 1.67. The van der Waals surface area contributed by atoms with Gasteiger partial charge in [-0.05, 0) is 61.1 Å². The van der Waals surface area contributed by atoms with Crippen LogP contribution in [0.25, 0.3) is 10.8 Å². The first-order valence-electron chi connectivity index (χ1n) is 9.86. The Morgan fingerprint density at radius 3 is 2.61 bits per heavy atom. The molecule has 1 saturated carbocycles. The number of nitrogens with one attached hydrogen (secondary N) is 1. The zero-order chi connectivity index (χ0) is 19.5. The summed E-state index contributed by atoms with van der Waals surface area (Å²) in [5.41, 5.74) is 1.03. The molecule has 1 amide bonds. The van der Waals surface area contributed by atoms with Crippen molar-refractivity contribution < 1.29 is 9.53 Å². The van der Waals surface area contributed by atoms with E-state index in [1.807, 2.05) is 35.9 Å². The fourth-order valence-electron chi connectivity index (χ4n) is 4.01. The molecular weight excluding hydrogens is 352 g/mol. The molecule has 1 aliphatic carbocycles. The molecule has 28 heavy (non-hydrogen) atoms. The number of nitrogens with zero attached hydrogens (tertiary/aromatic N) is 3. The van der Waals surface area contributed by atoms with Crippen molar-refractivity contribution >= 4 is 16.7 Å². The van der Waals surface area contributed by atoms with Gasteiger partial charge in [0.25, 0.3) is 0 Å². The van der Waals surface area contributed by atoms with Crippen LogP contribution in [0.15, 0.2) is 49.1 Å². The maximum Gasteiger partial charge on any atom is 0.227 e. The van der Waals surface area contributed by atoms with E-state index in [4.69, 9.17) is 4.74 Å². The van der Waals surface area contributed by atoms with Gasteiger partial charge in [0, 0.05) is 6.04 Å². The molecule has 0 spiro atoms. The number of ether oxygens (including phenoxy) is 1. The molecule has 1 aromatic heterocycles. The Morgan fingerprint density at radius 2 is 1.89 bits per heavy atom. The number of aromatic nitrogens is 3. The topological polar surface area (TPSA) is 69.0 Å². The van der Waals surface area contributed by atoms with Gasteiger partial charge in [-0.1, -0.05) is 24.3 Å². The van der Waals surface area contributed by atoms with Crippen LogP contribution in [-0.2, 0) is 4.79 Å². The third-order valence-corrected chi connectivity index (χ3v) is 5.82. The third-order valence-electron chi connectivity index (χ3n) is 5.82.